The Labute approximate surface area is 285 Å². The van der Waals surface area contributed by atoms with Gasteiger partial charge in [0.2, 0.25) is 29.5 Å². The lowest BCUT2D eigenvalue weighted by Gasteiger charge is -2.27. The Kier molecular flexibility index (Phi) is 19.2. The fraction of sp³-hybridized carbons (Fsp3) is 0.710. The zero-order chi connectivity index (χ0) is 37.3. The molecule has 7 amide bonds. The van der Waals surface area contributed by atoms with Crippen LogP contribution in [-0.4, -0.2) is 141 Å². The summed E-state index contributed by atoms with van der Waals surface area (Å²) in [5.41, 5.74) is 0. The number of unbranched alkanes of at least 4 members (excludes halogenated alkanes) is 2. The van der Waals surface area contributed by atoms with E-state index in [-0.39, 0.29) is 25.8 Å². The van der Waals surface area contributed by atoms with Crippen LogP contribution in [0, 0.1) is 5.92 Å². The van der Waals surface area contributed by atoms with Crippen molar-refractivity contribution >= 4 is 41.4 Å². The molecule has 278 valence electrons. The molecule has 0 radical (unpaired) electrons. The van der Waals surface area contributed by atoms with E-state index < -0.39 is 103 Å². The number of carbonyl (C=O) groups is 7. The fourth-order valence-electron chi connectivity index (χ4n) is 4.67. The third kappa shape index (κ3) is 15.0. The molecule has 0 aromatic rings. The van der Waals surface area contributed by atoms with E-state index in [0.717, 1.165) is 4.90 Å². The normalized spacial score (nSPS) is 17.1. The molecule has 0 spiro atoms. The molecule has 18 nitrogen and oxygen atoms in total. The molecule has 1 aliphatic heterocycles. The maximum absolute atomic E-state index is 13.4. The van der Waals surface area contributed by atoms with E-state index in [0.29, 0.717) is 25.8 Å². The van der Waals surface area contributed by atoms with Crippen molar-refractivity contribution in [3.63, 3.8) is 0 Å². The molecule has 1 heterocycles. The number of carbonyl (C=O) groups excluding carboxylic acids is 7. The summed E-state index contributed by atoms with van der Waals surface area (Å²) in [5, 5.41) is 60.7. The van der Waals surface area contributed by atoms with Crippen molar-refractivity contribution < 1.29 is 59.1 Å². The summed E-state index contributed by atoms with van der Waals surface area (Å²) in [7, 11) is 0. The number of nitrogens with zero attached hydrogens (tertiary/aromatic N) is 1. The molecule has 18 heteroatoms. The molecule has 0 saturated carbocycles. The monoisotopic (exact) mass is 700 g/mol. The molecule has 0 bridgehead atoms. The van der Waals surface area contributed by atoms with Crippen LogP contribution in [0.5, 0.6) is 0 Å². The summed E-state index contributed by atoms with van der Waals surface area (Å²) < 4.78 is 0. The number of hydrogen-bond donors (Lipinski definition) is 10. The number of nitrogens with one attached hydrogen (secondary N) is 5. The maximum Gasteiger partial charge on any atom is 0.253 e. The molecule has 49 heavy (non-hydrogen) atoms. The first-order valence-electron chi connectivity index (χ1n) is 16.3. The van der Waals surface area contributed by atoms with E-state index in [2.05, 4.69) is 26.6 Å². The van der Waals surface area contributed by atoms with E-state index in [1.165, 1.54) is 19.1 Å². The van der Waals surface area contributed by atoms with E-state index in [4.69, 9.17) is 5.11 Å². The van der Waals surface area contributed by atoms with Crippen LogP contribution in [0.2, 0.25) is 0 Å². The number of amides is 7. The Morgan fingerprint density at radius 2 is 1.35 bits per heavy atom. The number of likely N-dealkylation sites (N-methyl/N-ethyl adjacent to an activating group) is 1. The van der Waals surface area contributed by atoms with Crippen molar-refractivity contribution in [3.05, 3.63) is 12.2 Å². The first-order chi connectivity index (χ1) is 23.0. The topological polar surface area (TPSA) is 284 Å². The summed E-state index contributed by atoms with van der Waals surface area (Å²) in [6, 6.07) is -3.30. The van der Waals surface area contributed by atoms with Crippen LogP contribution >= 0.6 is 0 Å². The molecule has 0 saturated heterocycles. The van der Waals surface area contributed by atoms with Gasteiger partial charge in [-0.15, -0.1) is 0 Å². The van der Waals surface area contributed by atoms with Gasteiger partial charge in [0.05, 0.1) is 12.7 Å². The molecule has 1 rings (SSSR count). The molecule has 0 aromatic heterocycles. The van der Waals surface area contributed by atoms with Crippen molar-refractivity contribution in [1.82, 2.24) is 31.5 Å². The highest BCUT2D eigenvalue weighted by atomic mass is 16.4. The summed E-state index contributed by atoms with van der Waals surface area (Å²) in [5.74, 6) is -4.35. The SMILES string of the molecule is CCNC(=O)[C@H](C)NC(=O)[C@@H](NC(=O)[C@H](CCC(=O)NC[C@H](O)[C@@H](O)[C@H](O)[C@H](O)CO)NC(=O)CCCCCN1C(=O)C=CC1=O)C(C)C. The second-order valence-electron chi connectivity index (χ2n) is 12.1. The van der Waals surface area contributed by atoms with E-state index in [9.17, 15) is 54.0 Å². The second-order valence-corrected chi connectivity index (χ2v) is 12.1. The molecule has 0 aliphatic carbocycles. The largest absolute Gasteiger partial charge is 0.394 e. The number of rotatable bonds is 23. The first-order valence-corrected chi connectivity index (χ1v) is 16.3. The maximum atomic E-state index is 13.4. The van der Waals surface area contributed by atoms with Gasteiger partial charge in [-0.2, -0.15) is 0 Å². The summed E-state index contributed by atoms with van der Waals surface area (Å²) in [4.78, 5) is 88.4. The van der Waals surface area contributed by atoms with Gasteiger partial charge >= 0.3 is 0 Å². The number of aliphatic hydroxyl groups is 5. The molecular formula is C31H52N6O12. The van der Waals surface area contributed by atoms with E-state index in [1.807, 2.05) is 0 Å². The van der Waals surface area contributed by atoms with Crippen LogP contribution in [0.15, 0.2) is 12.2 Å². The van der Waals surface area contributed by atoms with E-state index >= 15 is 0 Å². The fourth-order valence-corrected chi connectivity index (χ4v) is 4.67. The average Bonchev–Trinajstić information content (AvgIpc) is 3.38. The van der Waals surface area contributed by atoms with Crippen LogP contribution in [0.1, 0.15) is 66.2 Å². The summed E-state index contributed by atoms with van der Waals surface area (Å²) >= 11 is 0. The highest BCUT2D eigenvalue weighted by molar-refractivity contribution is 6.12. The van der Waals surface area contributed by atoms with Crippen molar-refractivity contribution in [1.29, 1.82) is 0 Å². The van der Waals surface area contributed by atoms with Gasteiger partial charge in [0, 0.05) is 44.6 Å². The quantitative estimate of drug-likeness (QED) is 0.0361. The smallest absolute Gasteiger partial charge is 0.253 e. The molecule has 7 atom stereocenters. The highest BCUT2D eigenvalue weighted by Gasteiger charge is 2.32. The van der Waals surface area contributed by atoms with Crippen molar-refractivity contribution in [2.75, 3.05) is 26.2 Å². The van der Waals surface area contributed by atoms with Gasteiger partial charge in [-0.25, -0.2) is 0 Å². The zero-order valence-corrected chi connectivity index (χ0v) is 28.4. The predicted octanol–water partition coefficient (Wildman–Crippen LogP) is -3.93. The Bertz CT molecular complexity index is 1160. The van der Waals surface area contributed by atoms with Gasteiger partial charge in [-0.3, -0.25) is 38.5 Å². The number of hydrogen-bond acceptors (Lipinski definition) is 12. The minimum absolute atomic E-state index is 0.0274. The first kappa shape index (κ1) is 43.1. The zero-order valence-electron chi connectivity index (χ0n) is 28.4. The Balaban J connectivity index is 2.87. The van der Waals surface area contributed by atoms with Crippen LogP contribution in [0.4, 0.5) is 0 Å². The van der Waals surface area contributed by atoms with E-state index in [1.54, 1.807) is 20.8 Å². The molecule has 0 fully saturated rings. The third-order valence-corrected chi connectivity index (χ3v) is 7.68. The Morgan fingerprint density at radius 3 is 1.92 bits per heavy atom. The summed E-state index contributed by atoms with van der Waals surface area (Å²) in [6.45, 7) is 5.64. The molecular weight excluding hydrogens is 648 g/mol. The second kappa shape index (κ2) is 21.9. The van der Waals surface area contributed by atoms with Gasteiger partial charge in [0.15, 0.2) is 0 Å². The standard InChI is InChI=1S/C31H52N6O12/c1-5-32-29(47)18(4)34-31(49)26(17(2)3)36-30(48)19(10-11-22(41)33-15-20(39)27(45)28(46)21(40)16-38)35-23(42)9-7-6-8-14-37-24(43)12-13-25(37)44/h12-13,17-21,26-28,38-40,45-46H,5-11,14-16H2,1-4H3,(H,32,47)(H,33,41)(H,34,49)(H,35,42)(H,36,48)/t18-,19-,20-,21+,26-,27+,28+/m0/s1. The molecule has 0 aromatic carbocycles. The van der Waals surface area contributed by atoms with Gasteiger partial charge in [0.25, 0.3) is 11.8 Å². The van der Waals surface area contributed by atoms with Crippen molar-refractivity contribution in [3.8, 4) is 0 Å². The third-order valence-electron chi connectivity index (χ3n) is 7.68. The lowest BCUT2D eigenvalue weighted by molar-refractivity contribution is -0.137. The Morgan fingerprint density at radius 1 is 0.735 bits per heavy atom. The van der Waals surface area contributed by atoms with Crippen molar-refractivity contribution in [2.24, 2.45) is 5.92 Å². The lowest BCUT2D eigenvalue weighted by atomic mass is 10.0. The number of aliphatic hydroxyl groups excluding tert-OH is 5. The summed E-state index contributed by atoms with van der Waals surface area (Å²) in [6.07, 6.45) is -4.22. The highest BCUT2D eigenvalue weighted by Crippen LogP contribution is 2.10. The van der Waals surface area contributed by atoms with Gasteiger partial charge in [-0.05, 0) is 39.0 Å². The van der Waals surface area contributed by atoms with Crippen LogP contribution in [0.25, 0.3) is 0 Å². The van der Waals surface area contributed by atoms with Gasteiger partial charge < -0.3 is 52.1 Å². The van der Waals surface area contributed by atoms with Crippen LogP contribution in [0.3, 0.4) is 0 Å². The predicted molar refractivity (Wildman–Crippen MR) is 173 cm³/mol. The van der Waals surface area contributed by atoms with Crippen LogP contribution in [-0.2, 0) is 33.6 Å². The molecule has 0 unspecified atom stereocenters. The Hall–Kier alpha value is -3.97. The molecule has 10 N–H and O–H groups in total. The average molecular weight is 701 g/mol. The minimum Gasteiger partial charge on any atom is -0.394 e. The lowest BCUT2D eigenvalue weighted by Crippen LogP contribution is -2.57. The minimum atomic E-state index is -1.90. The van der Waals surface area contributed by atoms with Gasteiger partial charge in [-0.1, -0.05) is 20.3 Å². The van der Waals surface area contributed by atoms with Gasteiger partial charge in [0.1, 0.15) is 36.4 Å². The van der Waals surface area contributed by atoms with Crippen molar-refractivity contribution in [2.45, 2.75) is 109 Å². The molecule has 1 aliphatic rings. The van der Waals surface area contributed by atoms with Crippen LogP contribution < -0.4 is 26.6 Å². The number of imide groups is 1.